The topological polar surface area (TPSA) is 123 Å². The summed E-state index contributed by atoms with van der Waals surface area (Å²) in [5.41, 5.74) is 8.90. The molecule has 3 atom stereocenters. The van der Waals surface area contributed by atoms with Crippen molar-refractivity contribution in [1.29, 1.82) is 0 Å². The number of nitrogens with one attached hydrogen (secondary N) is 2. The molecule has 4 heterocycles. The third-order valence-electron chi connectivity index (χ3n) is 7.09. The second-order valence-corrected chi connectivity index (χ2v) is 10.7. The molecule has 4 N–H and O–H groups in total. The monoisotopic (exact) mass is 564 g/mol. The lowest BCUT2D eigenvalue weighted by Crippen LogP contribution is -2.61. The number of ether oxygens (including phenoxy) is 1. The zero-order chi connectivity index (χ0) is 29.3. The van der Waals surface area contributed by atoms with Gasteiger partial charge in [0, 0.05) is 38.3 Å². The number of amides is 1. The molecule has 0 spiro atoms. The van der Waals surface area contributed by atoms with E-state index in [9.17, 15) is 4.79 Å². The Morgan fingerprint density at radius 2 is 1.93 bits per heavy atom. The predicted molar refractivity (Wildman–Crippen MR) is 153 cm³/mol. The first-order valence-corrected chi connectivity index (χ1v) is 13.5. The fourth-order valence-electron chi connectivity index (χ4n) is 5.20. The van der Waals surface area contributed by atoms with Crippen LogP contribution in [0.3, 0.4) is 0 Å². The third kappa shape index (κ3) is 6.13. The second-order valence-electron chi connectivity index (χ2n) is 10.7. The first-order chi connectivity index (χ1) is 19.6. The Morgan fingerprint density at radius 1 is 1.17 bits per heavy atom. The Balaban J connectivity index is 1.43. The zero-order valence-corrected chi connectivity index (χ0v) is 23.4. The van der Waals surface area contributed by atoms with Gasteiger partial charge in [-0.3, -0.25) is 9.78 Å². The summed E-state index contributed by atoms with van der Waals surface area (Å²) >= 11 is 0. The first kappa shape index (κ1) is 28.4. The lowest BCUT2D eigenvalue weighted by Gasteiger charge is -2.42. The van der Waals surface area contributed by atoms with E-state index in [4.69, 9.17) is 10.5 Å². The van der Waals surface area contributed by atoms with Crippen molar-refractivity contribution in [3.8, 4) is 11.3 Å². The van der Waals surface area contributed by atoms with Crippen molar-refractivity contribution in [3.63, 3.8) is 0 Å². The SMILES string of the molecule is CC(=O)NC1C(C)CN(c2ccncc2Nc2ncc3ccc(-c4c(F)cc(COC(C)C)cc4F)nn23)CC1N. The highest BCUT2D eigenvalue weighted by Crippen LogP contribution is 2.32. The van der Waals surface area contributed by atoms with Gasteiger partial charge in [-0.15, -0.1) is 0 Å². The highest BCUT2D eigenvalue weighted by atomic mass is 19.1. The fraction of sp³-hybridized carbons (Fsp3) is 0.379. The maximum Gasteiger partial charge on any atom is 0.229 e. The highest BCUT2D eigenvalue weighted by Gasteiger charge is 2.34. The number of piperidine rings is 1. The Labute approximate surface area is 236 Å². The number of nitrogens with two attached hydrogens (primary N) is 1. The molecule has 10 nitrogen and oxygen atoms in total. The maximum absolute atomic E-state index is 15.1. The standard InChI is InChI=1S/C29H34F2N8O2/c1-16(2)41-15-19-9-21(30)27(22(31)10-19)24-6-5-20-11-34-29(39(20)37-24)36-25-12-33-8-7-26(25)38-13-17(3)28(23(32)14-38)35-18(4)40/h5-12,16-17,23,28H,13-15,32H2,1-4H3,(H,34,36)(H,35,40). The van der Waals surface area contributed by atoms with E-state index >= 15 is 8.78 Å². The van der Waals surface area contributed by atoms with Gasteiger partial charge in [-0.25, -0.2) is 13.8 Å². The molecule has 12 heteroatoms. The number of benzene rings is 1. The molecule has 5 rings (SSSR count). The van der Waals surface area contributed by atoms with E-state index in [0.717, 1.165) is 5.69 Å². The van der Waals surface area contributed by atoms with Gasteiger partial charge in [-0.05, 0) is 55.7 Å². The molecular formula is C29H34F2N8O2. The molecule has 3 unspecified atom stereocenters. The summed E-state index contributed by atoms with van der Waals surface area (Å²) < 4.78 is 37.2. The van der Waals surface area contributed by atoms with Crippen molar-refractivity contribution in [3.05, 3.63) is 66.1 Å². The molecule has 0 saturated carbocycles. The number of aromatic nitrogens is 4. The number of nitrogens with zero attached hydrogens (tertiary/aromatic N) is 5. The fourth-order valence-corrected chi connectivity index (χ4v) is 5.20. The zero-order valence-electron chi connectivity index (χ0n) is 23.4. The quantitative estimate of drug-likeness (QED) is 0.293. The van der Waals surface area contributed by atoms with Crippen LogP contribution in [-0.4, -0.2) is 56.8 Å². The molecule has 0 radical (unpaired) electrons. The van der Waals surface area contributed by atoms with Gasteiger partial charge in [0.15, 0.2) is 0 Å². The van der Waals surface area contributed by atoms with Crippen molar-refractivity contribution >= 4 is 28.7 Å². The van der Waals surface area contributed by atoms with E-state index in [0.29, 0.717) is 35.8 Å². The normalized spacial score (nSPS) is 19.1. The van der Waals surface area contributed by atoms with Crippen LogP contribution in [-0.2, 0) is 16.1 Å². The summed E-state index contributed by atoms with van der Waals surface area (Å²) in [6.07, 6.45) is 4.92. The molecule has 216 valence electrons. The van der Waals surface area contributed by atoms with Gasteiger partial charge in [0.25, 0.3) is 0 Å². The number of pyridine rings is 1. The number of hydrogen-bond donors (Lipinski definition) is 3. The maximum atomic E-state index is 15.1. The summed E-state index contributed by atoms with van der Waals surface area (Å²) in [4.78, 5) is 22.5. The third-order valence-corrected chi connectivity index (χ3v) is 7.09. The molecule has 0 bridgehead atoms. The van der Waals surface area contributed by atoms with Gasteiger partial charge in [-0.2, -0.15) is 9.61 Å². The van der Waals surface area contributed by atoms with E-state index in [1.807, 2.05) is 19.9 Å². The summed E-state index contributed by atoms with van der Waals surface area (Å²) in [5, 5.41) is 10.8. The van der Waals surface area contributed by atoms with E-state index in [1.165, 1.54) is 23.6 Å². The van der Waals surface area contributed by atoms with Crippen LogP contribution < -0.4 is 21.3 Å². The van der Waals surface area contributed by atoms with Crippen molar-refractivity contribution in [1.82, 2.24) is 24.9 Å². The number of halogens is 2. The smallest absolute Gasteiger partial charge is 0.229 e. The minimum Gasteiger partial charge on any atom is -0.374 e. The van der Waals surface area contributed by atoms with E-state index in [1.54, 1.807) is 30.7 Å². The minimum absolute atomic E-state index is 0.0620. The van der Waals surface area contributed by atoms with Crippen LogP contribution in [0.1, 0.15) is 33.3 Å². The molecule has 0 aliphatic carbocycles. The molecule has 1 aliphatic heterocycles. The van der Waals surface area contributed by atoms with Crippen molar-refractivity contribution in [2.24, 2.45) is 11.7 Å². The number of imidazole rings is 1. The van der Waals surface area contributed by atoms with Crippen LogP contribution in [0.5, 0.6) is 0 Å². The van der Waals surface area contributed by atoms with Crippen LogP contribution in [0, 0.1) is 17.6 Å². The van der Waals surface area contributed by atoms with Crippen molar-refractivity contribution in [2.45, 2.75) is 52.5 Å². The molecule has 1 aliphatic rings. The van der Waals surface area contributed by atoms with Crippen LogP contribution in [0.2, 0.25) is 0 Å². The van der Waals surface area contributed by atoms with Crippen LogP contribution >= 0.6 is 0 Å². The lowest BCUT2D eigenvalue weighted by molar-refractivity contribution is -0.120. The number of anilines is 3. The molecular weight excluding hydrogens is 530 g/mol. The van der Waals surface area contributed by atoms with Crippen LogP contribution in [0.4, 0.5) is 26.1 Å². The van der Waals surface area contributed by atoms with Gasteiger partial charge in [-0.1, -0.05) is 6.92 Å². The highest BCUT2D eigenvalue weighted by molar-refractivity contribution is 5.75. The molecule has 4 aromatic rings. The Morgan fingerprint density at radius 3 is 2.61 bits per heavy atom. The van der Waals surface area contributed by atoms with Gasteiger partial charge < -0.3 is 26.0 Å². The van der Waals surface area contributed by atoms with Gasteiger partial charge in [0.2, 0.25) is 11.9 Å². The Bertz CT molecular complexity index is 1520. The average Bonchev–Trinajstić information content (AvgIpc) is 3.31. The summed E-state index contributed by atoms with van der Waals surface area (Å²) in [6, 6.07) is 7.28. The van der Waals surface area contributed by atoms with E-state index in [-0.39, 0.29) is 47.9 Å². The van der Waals surface area contributed by atoms with Crippen LogP contribution in [0.15, 0.2) is 48.9 Å². The number of fused-ring (bicyclic) bond motifs is 1. The van der Waals surface area contributed by atoms with Gasteiger partial charge in [0.1, 0.15) is 11.6 Å². The van der Waals surface area contributed by atoms with E-state index in [2.05, 4.69) is 37.5 Å². The summed E-state index contributed by atoms with van der Waals surface area (Å²) in [5.74, 6) is -1.10. The number of hydrogen-bond acceptors (Lipinski definition) is 8. The predicted octanol–water partition coefficient (Wildman–Crippen LogP) is 4.03. The largest absolute Gasteiger partial charge is 0.374 e. The average molecular weight is 565 g/mol. The van der Waals surface area contributed by atoms with Crippen molar-refractivity contribution < 1.29 is 18.3 Å². The number of rotatable bonds is 8. The van der Waals surface area contributed by atoms with E-state index < -0.39 is 11.6 Å². The van der Waals surface area contributed by atoms with Gasteiger partial charge >= 0.3 is 0 Å². The molecule has 1 saturated heterocycles. The molecule has 1 fully saturated rings. The number of carbonyl (C=O) groups excluding carboxylic acids is 1. The number of carbonyl (C=O) groups is 1. The van der Waals surface area contributed by atoms with Crippen molar-refractivity contribution in [2.75, 3.05) is 23.3 Å². The second kappa shape index (κ2) is 11.8. The lowest BCUT2D eigenvalue weighted by atomic mass is 9.89. The van der Waals surface area contributed by atoms with Crippen LogP contribution in [0.25, 0.3) is 16.8 Å². The molecule has 1 aromatic carbocycles. The Kier molecular flexibility index (Phi) is 8.13. The summed E-state index contributed by atoms with van der Waals surface area (Å²) in [7, 11) is 0. The minimum atomic E-state index is -0.725. The Hall–Kier alpha value is -4.16. The summed E-state index contributed by atoms with van der Waals surface area (Å²) in [6.45, 7) is 8.56. The first-order valence-electron chi connectivity index (χ1n) is 13.5. The molecule has 1 amide bonds. The molecule has 41 heavy (non-hydrogen) atoms. The molecule has 3 aromatic heterocycles. The van der Waals surface area contributed by atoms with Gasteiger partial charge in [0.05, 0.1) is 53.3 Å².